The molecule has 1 saturated heterocycles. The van der Waals surface area contributed by atoms with Gasteiger partial charge < -0.3 is 20.4 Å². The molecular weight excluding hydrogens is 514 g/mol. The summed E-state index contributed by atoms with van der Waals surface area (Å²) >= 11 is 6.15. The summed E-state index contributed by atoms with van der Waals surface area (Å²) < 4.78 is 61.2. The van der Waals surface area contributed by atoms with Gasteiger partial charge in [0.05, 0.1) is 21.7 Å². The Morgan fingerprint density at radius 1 is 1.14 bits per heavy atom. The number of alkyl halides is 3. The number of aromatic nitrogens is 2. The van der Waals surface area contributed by atoms with Crippen molar-refractivity contribution in [1.29, 1.82) is 0 Å². The van der Waals surface area contributed by atoms with Gasteiger partial charge in [0.25, 0.3) is 0 Å². The fourth-order valence-corrected chi connectivity index (χ4v) is 4.22. The van der Waals surface area contributed by atoms with Gasteiger partial charge >= 0.3 is 12.2 Å². The van der Waals surface area contributed by atoms with E-state index in [1.807, 2.05) is 4.90 Å². The Bertz CT molecular complexity index is 1470. The number of halogens is 5. The number of hydrogen-bond donors (Lipinski definition) is 3. The second-order valence-corrected chi connectivity index (χ2v) is 8.90. The van der Waals surface area contributed by atoms with Crippen LogP contribution in [-0.4, -0.2) is 34.0 Å². The Balaban J connectivity index is 1.27. The van der Waals surface area contributed by atoms with Crippen LogP contribution in [0.15, 0.2) is 54.9 Å². The van der Waals surface area contributed by atoms with Crippen LogP contribution in [0, 0.1) is 5.82 Å². The summed E-state index contributed by atoms with van der Waals surface area (Å²) in [5.41, 5.74) is -0.442. The first-order valence-corrected chi connectivity index (χ1v) is 11.6. The minimum Gasteiger partial charge on any atom is -0.456 e. The van der Waals surface area contributed by atoms with Gasteiger partial charge in [-0.2, -0.15) is 13.2 Å². The molecule has 3 N–H and O–H groups in total. The number of hydrogen-bond acceptors (Lipinski definition) is 4. The third-order valence-corrected chi connectivity index (χ3v) is 6.22. The van der Waals surface area contributed by atoms with E-state index >= 15 is 0 Å². The molecule has 5 rings (SSSR count). The fraction of sp³-hybridized carbons (Fsp3) is 0.200. The molecule has 12 heteroatoms. The van der Waals surface area contributed by atoms with Crippen molar-refractivity contribution in [2.24, 2.45) is 0 Å². The lowest BCUT2D eigenvalue weighted by Gasteiger charge is -2.31. The first kappa shape index (κ1) is 24.8. The molecule has 0 saturated carbocycles. The number of pyridine rings is 1. The number of carbonyl (C=O) groups is 1. The maximum atomic E-state index is 14.7. The highest BCUT2D eigenvalue weighted by Gasteiger charge is 2.34. The number of urea groups is 1. The van der Waals surface area contributed by atoms with Crippen LogP contribution in [0.5, 0.6) is 11.5 Å². The molecule has 0 radical (unpaired) electrons. The normalized spacial score (nSPS) is 13.9. The Hall–Kier alpha value is -3.83. The largest absolute Gasteiger partial charge is 0.456 e. The zero-order valence-electron chi connectivity index (χ0n) is 19.1. The van der Waals surface area contributed by atoms with Gasteiger partial charge in [-0.15, -0.1) is 0 Å². The molecule has 1 aliphatic rings. The van der Waals surface area contributed by atoms with Crippen LogP contribution in [-0.2, 0) is 12.7 Å². The molecule has 7 nitrogen and oxygen atoms in total. The number of H-pyrrole nitrogens is 1. The van der Waals surface area contributed by atoms with Gasteiger partial charge in [0, 0.05) is 30.7 Å². The summed E-state index contributed by atoms with van der Waals surface area (Å²) in [6.45, 7) is 1.69. The number of likely N-dealkylation sites (tertiary alicyclic amines) is 1. The number of amides is 2. The average Bonchev–Trinajstić information content (AvgIpc) is 3.20. The highest BCUT2D eigenvalue weighted by molar-refractivity contribution is 6.36. The standard InChI is InChI=1S/C25H20ClF4N5O2/c26-18-12-32-23-22(18)21(6-7-31-23)37-16-4-5-20(19(27)11-16)34-24(36)33-15-3-2-14(13-35-8-1-9-35)17(10-15)25(28,29)30/h2-7,10-12H,1,8-9,13H2,(H,31,32)(H2,33,34,36). The Morgan fingerprint density at radius 3 is 2.65 bits per heavy atom. The van der Waals surface area contributed by atoms with E-state index in [4.69, 9.17) is 16.3 Å². The highest BCUT2D eigenvalue weighted by atomic mass is 35.5. The van der Waals surface area contributed by atoms with Crippen molar-refractivity contribution in [1.82, 2.24) is 14.9 Å². The molecule has 3 heterocycles. The SMILES string of the molecule is O=C(Nc1ccc(CN2CCC2)c(C(F)(F)F)c1)Nc1ccc(Oc2ccnc3[nH]cc(Cl)c23)cc1F. The van der Waals surface area contributed by atoms with Crippen LogP contribution < -0.4 is 15.4 Å². The van der Waals surface area contributed by atoms with E-state index in [2.05, 4.69) is 20.6 Å². The highest BCUT2D eigenvalue weighted by Crippen LogP contribution is 2.36. The van der Waals surface area contributed by atoms with Crippen molar-refractivity contribution in [2.75, 3.05) is 23.7 Å². The maximum Gasteiger partial charge on any atom is 0.416 e. The third-order valence-electron chi connectivity index (χ3n) is 5.92. The Morgan fingerprint density at radius 2 is 1.95 bits per heavy atom. The van der Waals surface area contributed by atoms with Gasteiger partial charge in [-0.25, -0.2) is 14.2 Å². The third kappa shape index (κ3) is 5.47. The van der Waals surface area contributed by atoms with Crippen molar-refractivity contribution in [3.05, 3.63) is 76.8 Å². The summed E-state index contributed by atoms with van der Waals surface area (Å²) in [4.78, 5) is 21.3. The summed E-state index contributed by atoms with van der Waals surface area (Å²) in [5.74, 6) is -0.313. The first-order valence-electron chi connectivity index (χ1n) is 11.3. The second kappa shape index (κ2) is 9.91. The Kier molecular flexibility index (Phi) is 6.65. The maximum absolute atomic E-state index is 14.7. The molecule has 1 aliphatic heterocycles. The summed E-state index contributed by atoms with van der Waals surface area (Å²) in [7, 11) is 0. The molecule has 0 spiro atoms. The zero-order chi connectivity index (χ0) is 26.2. The topological polar surface area (TPSA) is 82.3 Å². The molecule has 2 aromatic heterocycles. The van der Waals surface area contributed by atoms with Crippen LogP contribution in [0.4, 0.5) is 33.7 Å². The molecule has 1 fully saturated rings. The number of carbonyl (C=O) groups excluding carboxylic acids is 1. The van der Waals surface area contributed by atoms with E-state index in [9.17, 15) is 22.4 Å². The lowest BCUT2D eigenvalue weighted by molar-refractivity contribution is -0.138. The molecule has 0 aliphatic carbocycles. The van der Waals surface area contributed by atoms with Crippen LogP contribution >= 0.6 is 11.6 Å². The van der Waals surface area contributed by atoms with E-state index in [0.717, 1.165) is 31.6 Å². The number of nitrogens with one attached hydrogen (secondary N) is 3. The zero-order valence-corrected chi connectivity index (χ0v) is 19.9. The van der Waals surface area contributed by atoms with Crippen molar-refractivity contribution >= 4 is 40.0 Å². The van der Waals surface area contributed by atoms with Gasteiger partial charge in [-0.1, -0.05) is 17.7 Å². The predicted octanol–water partition coefficient (Wildman–Crippen LogP) is 7.02. The molecule has 192 valence electrons. The van der Waals surface area contributed by atoms with Crippen LogP contribution in [0.25, 0.3) is 11.0 Å². The number of ether oxygens (including phenoxy) is 1. The van der Waals surface area contributed by atoms with E-state index in [-0.39, 0.29) is 29.2 Å². The number of fused-ring (bicyclic) bond motifs is 1. The molecule has 0 atom stereocenters. The summed E-state index contributed by atoms with van der Waals surface area (Å²) in [6, 6.07) is 8.05. The average molecular weight is 534 g/mol. The van der Waals surface area contributed by atoms with E-state index in [1.165, 1.54) is 30.5 Å². The molecule has 2 aromatic carbocycles. The molecule has 0 unspecified atom stereocenters. The van der Waals surface area contributed by atoms with Crippen molar-refractivity contribution < 1.29 is 27.1 Å². The number of rotatable bonds is 6. The van der Waals surface area contributed by atoms with Gasteiger partial charge in [0.15, 0.2) is 0 Å². The van der Waals surface area contributed by atoms with Crippen molar-refractivity contribution in [3.8, 4) is 11.5 Å². The summed E-state index contributed by atoms with van der Waals surface area (Å²) in [6.07, 6.45) is -0.570. The Labute approximate surface area is 213 Å². The fourth-order valence-electron chi connectivity index (χ4n) is 3.98. The number of nitrogens with zero attached hydrogens (tertiary/aromatic N) is 2. The van der Waals surface area contributed by atoms with Gasteiger partial charge in [0.1, 0.15) is 23.0 Å². The second-order valence-electron chi connectivity index (χ2n) is 8.49. The van der Waals surface area contributed by atoms with Crippen LogP contribution in [0.2, 0.25) is 5.02 Å². The van der Waals surface area contributed by atoms with E-state index < -0.39 is 23.6 Å². The van der Waals surface area contributed by atoms with Gasteiger partial charge in [-0.3, -0.25) is 4.90 Å². The van der Waals surface area contributed by atoms with Gasteiger partial charge in [0.2, 0.25) is 0 Å². The molecular formula is C25H20ClF4N5O2. The first-order chi connectivity index (χ1) is 17.7. The molecule has 37 heavy (non-hydrogen) atoms. The van der Waals surface area contributed by atoms with Gasteiger partial charge in [-0.05, 0) is 55.4 Å². The minimum atomic E-state index is -4.58. The molecule has 2 amide bonds. The van der Waals surface area contributed by atoms with Crippen LogP contribution in [0.1, 0.15) is 17.5 Å². The quantitative estimate of drug-likeness (QED) is 0.233. The van der Waals surface area contributed by atoms with Crippen molar-refractivity contribution in [2.45, 2.75) is 19.1 Å². The van der Waals surface area contributed by atoms with Crippen LogP contribution in [0.3, 0.4) is 0 Å². The monoisotopic (exact) mass is 533 g/mol. The van der Waals surface area contributed by atoms with E-state index in [1.54, 1.807) is 12.3 Å². The predicted molar refractivity (Wildman–Crippen MR) is 132 cm³/mol. The minimum absolute atomic E-state index is 0.0670. The smallest absolute Gasteiger partial charge is 0.416 e. The number of anilines is 2. The lowest BCUT2D eigenvalue weighted by Crippen LogP contribution is -2.36. The summed E-state index contributed by atoms with van der Waals surface area (Å²) in [5, 5.41) is 5.54. The molecule has 0 bridgehead atoms. The molecule has 4 aromatic rings. The number of benzene rings is 2. The van der Waals surface area contributed by atoms with Crippen molar-refractivity contribution in [3.63, 3.8) is 0 Å². The number of aromatic amines is 1. The van der Waals surface area contributed by atoms with E-state index in [0.29, 0.717) is 21.8 Å². The lowest BCUT2D eigenvalue weighted by atomic mass is 10.0.